The maximum atomic E-state index is 12.9. The number of piperidine rings is 1. The second-order valence-corrected chi connectivity index (χ2v) is 11.7. The number of sulfonamides is 1. The lowest BCUT2D eigenvalue weighted by Crippen LogP contribution is -2.35. The molecule has 0 unspecified atom stereocenters. The van der Waals surface area contributed by atoms with Crippen LogP contribution in [0, 0.1) is 0 Å². The van der Waals surface area contributed by atoms with E-state index in [0.717, 1.165) is 45.3 Å². The van der Waals surface area contributed by atoms with Gasteiger partial charge in [-0.2, -0.15) is 16.1 Å². The highest BCUT2D eigenvalue weighted by atomic mass is 32.2. The van der Waals surface area contributed by atoms with Crippen LogP contribution in [0.25, 0.3) is 0 Å². The number of thioether (sulfide) groups is 1. The standard InChI is InChI=1S/C23H32N4O3S2/c1-25-18-21(32(29,30)27-10-3-2-4-11-27)17-22(25)23(28)24-20-7-5-19(6-8-20)9-12-26-13-15-31-16-14-26/h5-8,17-18H,2-4,9-16H2,1H3,(H,24,28). The molecule has 0 saturated carbocycles. The van der Waals surface area contributed by atoms with Crippen LogP contribution in [-0.4, -0.2) is 72.3 Å². The molecular weight excluding hydrogens is 444 g/mol. The summed E-state index contributed by atoms with van der Waals surface area (Å²) in [7, 11) is -1.86. The number of aryl methyl sites for hydroxylation is 1. The number of aromatic nitrogens is 1. The number of nitrogens with one attached hydrogen (secondary N) is 1. The van der Waals surface area contributed by atoms with Gasteiger partial charge in [-0.05, 0) is 43.0 Å². The lowest BCUT2D eigenvalue weighted by Gasteiger charge is -2.26. The van der Waals surface area contributed by atoms with E-state index in [0.29, 0.717) is 24.5 Å². The second kappa shape index (κ2) is 10.4. The minimum Gasteiger partial charge on any atom is -0.345 e. The van der Waals surface area contributed by atoms with Gasteiger partial charge in [-0.25, -0.2) is 8.42 Å². The molecule has 7 nitrogen and oxygen atoms in total. The molecule has 0 radical (unpaired) electrons. The molecule has 9 heteroatoms. The van der Waals surface area contributed by atoms with Crippen molar-refractivity contribution < 1.29 is 13.2 Å². The summed E-state index contributed by atoms with van der Waals surface area (Å²) in [6.07, 6.45) is 5.35. The molecule has 0 bridgehead atoms. The Balaban J connectivity index is 1.37. The van der Waals surface area contributed by atoms with Crippen LogP contribution in [0.5, 0.6) is 0 Å². The van der Waals surface area contributed by atoms with Gasteiger partial charge in [0, 0.05) is 63.2 Å². The maximum absolute atomic E-state index is 12.9. The van der Waals surface area contributed by atoms with E-state index in [1.54, 1.807) is 11.6 Å². The van der Waals surface area contributed by atoms with Crippen molar-refractivity contribution in [2.45, 2.75) is 30.6 Å². The second-order valence-electron chi connectivity index (χ2n) is 8.49. The maximum Gasteiger partial charge on any atom is 0.272 e. The first-order valence-electron chi connectivity index (χ1n) is 11.3. The summed E-state index contributed by atoms with van der Waals surface area (Å²) in [6, 6.07) is 9.39. The predicted molar refractivity (Wildman–Crippen MR) is 130 cm³/mol. The highest BCUT2D eigenvalue weighted by Crippen LogP contribution is 2.23. The molecule has 2 fully saturated rings. The normalized spacial score (nSPS) is 18.5. The molecule has 174 valence electrons. The van der Waals surface area contributed by atoms with Gasteiger partial charge in [-0.1, -0.05) is 18.6 Å². The number of amides is 1. The zero-order chi connectivity index (χ0) is 22.6. The minimum absolute atomic E-state index is 0.179. The van der Waals surface area contributed by atoms with E-state index in [1.165, 1.54) is 33.6 Å². The Labute approximate surface area is 195 Å². The van der Waals surface area contributed by atoms with Crippen molar-refractivity contribution in [3.05, 3.63) is 47.8 Å². The van der Waals surface area contributed by atoms with Crippen LogP contribution in [0.2, 0.25) is 0 Å². The van der Waals surface area contributed by atoms with Gasteiger partial charge in [0.05, 0.1) is 0 Å². The molecule has 1 aromatic heterocycles. The summed E-state index contributed by atoms with van der Waals surface area (Å²) in [5.41, 5.74) is 2.28. The predicted octanol–water partition coefficient (Wildman–Crippen LogP) is 3.04. The highest BCUT2D eigenvalue weighted by molar-refractivity contribution is 7.99. The molecular formula is C23H32N4O3S2. The molecule has 0 spiro atoms. The van der Waals surface area contributed by atoms with Crippen molar-refractivity contribution in [3.63, 3.8) is 0 Å². The molecule has 2 aliphatic heterocycles. The van der Waals surface area contributed by atoms with E-state index in [1.807, 2.05) is 36.0 Å². The Bertz CT molecular complexity index is 1020. The molecule has 3 heterocycles. The number of benzene rings is 1. The molecule has 2 saturated heterocycles. The monoisotopic (exact) mass is 476 g/mol. The number of carbonyl (C=O) groups is 1. The van der Waals surface area contributed by atoms with E-state index in [-0.39, 0.29) is 10.8 Å². The fraction of sp³-hybridized carbons (Fsp3) is 0.522. The van der Waals surface area contributed by atoms with Gasteiger partial charge in [-0.15, -0.1) is 0 Å². The number of rotatable bonds is 7. The van der Waals surface area contributed by atoms with Crippen LogP contribution in [0.15, 0.2) is 41.4 Å². The molecule has 1 amide bonds. The van der Waals surface area contributed by atoms with Crippen molar-refractivity contribution in [1.29, 1.82) is 0 Å². The zero-order valence-electron chi connectivity index (χ0n) is 18.6. The Morgan fingerprint density at radius 2 is 1.72 bits per heavy atom. The fourth-order valence-corrected chi connectivity index (χ4v) is 6.78. The minimum atomic E-state index is -3.56. The third kappa shape index (κ3) is 5.57. The molecule has 0 aliphatic carbocycles. The third-order valence-corrected chi connectivity index (χ3v) is 9.00. The average molecular weight is 477 g/mol. The number of carbonyl (C=O) groups excluding carboxylic acids is 1. The number of nitrogens with zero attached hydrogens (tertiary/aromatic N) is 3. The lowest BCUT2D eigenvalue weighted by atomic mass is 10.1. The molecule has 0 atom stereocenters. The molecule has 1 N–H and O–H groups in total. The van der Waals surface area contributed by atoms with E-state index in [9.17, 15) is 13.2 Å². The smallest absolute Gasteiger partial charge is 0.272 e. The van der Waals surface area contributed by atoms with Crippen LogP contribution in [0.1, 0.15) is 35.3 Å². The topological polar surface area (TPSA) is 74.6 Å². The summed E-state index contributed by atoms with van der Waals surface area (Å²) >= 11 is 2.02. The summed E-state index contributed by atoms with van der Waals surface area (Å²) in [5.74, 6) is 2.11. The molecule has 4 rings (SSSR count). The van der Waals surface area contributed by atoms with Crippen LogP contribution >= 0.6 is 11.8 Å². The van der Waals surface area contributed by atoms with E-state index in [4.69, 9.17) is 0 Å². The van der Waals surface area contributed by atoms with Crippen molar-refractivity contribution in [3.8, 4) is 0 Å². The first kappa shape index (κ1) is 23.4. The number of anilines is 1. The fourth-order valence-electron chi connectivity index (χ4n) is 4.22. The van der Waals surface area contributed by atoms with Gasteiger partial charge in [0.25, 0.3) is 5.91 Å². The SMILES string of the molecule is Cn1cc(S(=O)(=O)N2CCCCC2)cc1C(=O)Nc1ccc(CCN2CCSCC2)cc1. The Morgan fingerprint density at radius 1 is 1.03 bits per heavy atom. The highest BCUT2D eigenvalue weighted by Gasteiger charge is 2.28. The first-order valence-corrected chi connectivity index (χ1v) is 13.9. The largest absolute Gasteiger partial charge is 0.345 e. The van der Waals surface area contributed by atoms with Crippen molar-refractivity contribution in [2.24, 2.45) is 7.05 Å². The van der Waals surface area contributed by atoms with Gasteiger partial charge in [0.2, 0.25) is 10.0 Å². The van der Waals surface area contributed by atoms with Crippen molar-refractivity contribution in [2.75, 3.05) is 49.5 Å². The van der Waals surface area contributed by atoms with Crippen molar-refractivity contribution in [1.82, 2.24) is 13.8 Å². The quantitative estimate of drug-likeness (QED) is 0.665. The van der Waals surface area contributed by atoms with Gasteiger partial charge in [-0.3, -0.25) is 4.79 Å². The summed E-state index contributed by atoms with van der Waals surface area (Å²) in [4.78, 5) is 15.5. The molecule has 1 aromatic carbocycles. The first-order chi connectivity index (χ1) is 15.4. The zero-order valence-corrected chi connectivity index (χ0v) is 20.3. The van der Waals surface area contributed by atoms with Crippen LogP contribution < -0.4 is 5.32 Å². The van der Waals surface area contributed by atoms with E-state index < -0.39 is 10.0 Å². The molecule has 2 aromatic rings. The van der Waals surface area contributed by atoms with Crippen LogP contribution in [0.3, 0.4) is 0 Å². The molecule has 32 heavy (non-hydrogen) atoms. The lowest BCUT2D eigenvalue weighted by molar-refractivity contribution is 0.101. The van der Waals surface area contributed by atoms with E-state index >= 15 is 0 Å². The van der Waals surface area contributed by atoms with Crippen LogP contribution in [0.4, 0.5) is 5.69 Å². The summed E-state index contributed by atoms with van der Waals surface area (Å²) < 4.78 is 29.0. The van der Waals surface area contributed by atoms with E-state index in [2.05, 4.69) is 10.2 Å². The van der Waals surface area contributed by atoms with Crippen molar-refractivity contribution >= 4 is 33.4 Å². The Hall–Kier alpha value is -1.81. The Kier molecular flexibility index (Phi) is 7.60. The summed E-state index contributed by atoms with van der Waals surface area (Å²) in [6.45, 7) is 4.46. The Morgan fingerprint density at radius 3 is 2.41 bits per heavy atom. The van der Waals surface area contributed by atoms with Gasteiger partial charge < -0.3 is 14.8 Å². The van der Waals surface area contributed by atoms with Gasteiger partial charge in [0.1, 0.15) is 10.6 Å². The molecule has 2 aliphatic rings. The third-order valence-electron chi connectivity index (χ3n) is 6.20. The summed E-state index contributed by atoms with van der Waals surface area (Å²) in [5, 5.41) is 2.89. The number of hydrogen-bond donors (Lipinski definition) is 1. The average Bonchev–Trinajstić information content (AvgIpc) is 3.22. The van der Waals surface area contributed by atoms with Crippen LogP contribution in [-0.2, 0) is 23.5 Å². The van der Waals surface area contributed by atoms with Gasteiger partial charge >= 0.3 is 0 Å². The van der Waals surface area contributed by atoms with Gasteiger partial charge in [0.15, 0.2) is 0 Å². The number of hydrogen-bond acceptors (Lipinski definition) is 5.